The van der Waals surface area contributed by atoms with Crippen LogP contribution in [-0.4, -0.2) is 8.74 Å². The van der Waals surface area contributed by atoms with Gasteiger partial charge in [-0.1, -0.05) is 45.0 Å². The average molecular weight is 299 g/mol. The zero-order valence-corrected chi connectivity index (χ0v) is 9.60. The molecule has 0 aliphatic carbocycles. The van der Waals surface area contributed by atoms with E-state index in [-0.39, 0.29) is 20.7 Å². The lowest BCUT2D eigenvalue weighted by Crippen LogP contribution is -2.06. The molecule has 1 aromatic carbocycles. The Morgan fingerprint density at radius 3 is 2.71 bits per heavy atom. The number of phenolic OH excluding ortho intramolecular Hbond substituents is 1. The second-order valence-electron chi connectivity index (χ2n) is 2.78. The Morgan fingerprint density at radius 2 is 2.00 bits per heavy atom. The molecule has 0 saturated carbocycles. The van der Waals surface area contributed by atoms with Gasteiger partial charge in [0, 0.05) is 0 Å². The van der Waals surface area contributed by atoms with E-state index in [1.807, 2.05) is 24.3 Å². The largest absolute Gasteiger partial charge is 0.506 e. The molecule has 1 aliphatic rings. The molecule has 0 saturated heterocycles. The van der Waals surface area contributed by atoms with Gasteiger partial charge in [-0.3, -0.25) is 0 Å². The molecule has 1 heterocycles. The van der Waals surface area contributed by atoms with Gasteiger partial charge in [-0.2, -0.15) is 0 Å². The first-order chi connectivity index (χ1) is 6.86. The van der Waals surface area contributed by atoms with Crippen LogP contribution in [0.4, 0.5) is 5.69 Å². The lowest BCUT2D eigenvalue weighted by atomic mass is 10.3. The van der Waals surface area contributed by atoms with E-state index in [0.717, 1.165) is 5.69 Å². The minimum absolute atomic E-state index is 0.0627. The highest BCUT2D eigenvalue weighted by Gasteiger charge is 2.00. The summed E-state index contributed by atoms with van der Waals surface area (Å²) in [6, 6.07) is 7.28. The fraction of sp³-hybridized carbons (Fsp3) is 0. The van der Waals surface area contributed by atoms with Crippen LogP contribution in [0, 0.1) is 0 Å². The molecule has 0 fully saturated rings. The van der Waals surface area contributed by atoms with E-state index in [4.69, 9.17) is 0 Å². The summed E-state index contributed by atoms with van der Waals surface area (Å²) in [6.07, 6.45) is 6.12. The summed E-state index contributed by atoms with van der Waals surface area (Å²) in [5, 5.41) is 12.8. The normalized spacial score (nSPS) is 14.4. The molecule has 2 N–H and O–H groups in total. The van der Waals surface area contributed by atoms with Crippen molar-refractivity contribution in [3.63, 3.8) is 0 Å². The average Bonchev–Trinajstić information content (AvgIpc) is 2.23. The fourth-order valence-corrected chi connectivity index (χ4v) is 2.80. The number of phenols is 1. The number of nitrogens with one attached hydrogen (secondary N) is 1. The molecule has 0 amide bonds. The van der Waals surface area contributed by atoms with Gasteiger partial charge in [0.25, 0.3) is 0 Å². The van der Waals surface area contributed by atoms with Crippen LogP contribution < -0.4 is 5.32 Å². The Labute approximate surface area is 92.7 Å². The lowest BCUT2D eigenvalue weighted by molar-refractivity contribution is 0.478. The molecule has 2 rings (SSSR count). The minimum Gasteiger partial charge on any atom is -0.506 e. The number of allylic oxidation sites excluding steroid dienone is 2. The van der Waals surface area contributed by atoms with Gasteiger partial charge >= 0.3 is 0 Å². The van der Waals surface area contributed by atoms with Gasteiger partial charge in [-0.05, 0) is 22.3 Å². The molecule has 0 unspecified atom stereocenters. The van der Waals surface area contributed by atoms with E-state index >= 15 is 0 Å². The van der Waals surface area contributed by atoms with E-state index in [2.05, 4.69) is 21.6 Å². The van der Waals surface area contributed by atoms with Crippen molar-refractivity contribution in [3.05, 3.63) is 46.6 Å². The monoisotopic (exact) mass is 299 g/mol. The molecule has 0 spiro atoms. The van der Waals surface area contributed by atoms with E-state index in [0.29, 0.717) is 5.75 Å². The van der Waals surface area contributed by atoms with Crippen molar-refractivity contribution in [2.24, 2.45) is 0 Å². The Hall–Kier alpha value is -1.10. The quantitative estimate of drug-likeness (QED) is 0.650. The molecule has 0 radical (unpaired) electrons. The van der Waals surface area contributed by atoms with Crippen LogP contribution in [-0.2, 0) is 0 Å². The van der Waals surface area contributed by atoms with Crippen molar-refractivity contribution in [3.8, 4) is 5.75 Å². The van der Waals surface area contributed by atoms with Crippen molar-refractivity contribution >= 4 is 30.1 Å². The number of anilines is 1. The van der Waals surface area contributed by atoms with Gasteiger partial charge in [0.15, 0.2) is 0 Å². The van der Waals surface area contributed by atoms with Crippen LogP contribution in [0.1, 0.15) is 0 Å². The van der Waals surface area contributed by atoms with Crippen molar-refractivity contribution in [2.75, 3.05) is 5.32 Å². The van der Waals surface area contributed by atoms with E-state index in [1.54, 1.807) is 6.07 Å². The van der Waals surface area contributed by atoms with Crippen LogP contribution in [0.25, 0.3) is 0 Å². The number of aromatic hydroxyl groups is 1. The summed E-state index contributed by atoms with van der Waals surface area (Å²) in [6.45, 7) is 0. The van der Waals surface area contributed by atoms with Crippen LogP contribution >= 0.6 is 20.7 Å². The summed E-state index contributed by atoms with van der Waals surface area (Å²) >= 11 is -0.0627. The third-order valence-corrected chi connectivity index (χ3v) is 3.84. The molecule has 2 nitrogen and oxygen atoms in total. The number of hydrogen-bond acceptors (Lipinski definition) is 2. The number of para-hydroxylation sites is 2. The Morgan fingerprint density at radius 1 is 1.14 bits per heavy atom. The smallest absolute Gasteiger partial charge is 0.139 e. The van der Waals surface area contributed by atoms with Gasteiger partial charge in [0.2, 0.25) is 0 Å². The van der Waals surface area contributed by atoms with Crippen LogP contribution in [0.3, 0.4) is 0 Å². The topological polar surface area (TPSA) is 32.3 Å². The van der Waals surface area contributed by atoms with Gasteiger partial charge < -0.3 is 10.4 Å². The maximum atomic E-state index is 9.54. The highest BCUT2D eigenvalue weighted by molar-refractivity contribution is 14.2. The molecular formula is C11H10INO. The summed E-state index contributed by atoms with van der Waals surface area (Å²) < 4.78 is 3.38. The Bertz CT molecular complexity index is 421. The van der Waals surface area contributed by atoms with Crippen molar-refractivity contribution in [1.82, 2.24) is 0 Å². The molecule has 0 aromatic heterocycles. The second kappa shape index (κ2) is 4.41. The van der Waals surface area contributed by atoms with Gasteiger partial charge in [0.05, 0.1) is 9.32 Å². The number of rotatable bonds is 2. The molecule has 3 heteroatoms. The first-order valence-corrected chi connectivity index (χ1v) is 6.57. The third-order valence-electron chi connectivity index (χ3n) is 1.77. The SMILES string of the molecule is Oc1ccccc1NC1=IC=CC=C1. The van der Waals surface area contributed by atoms with Crippen molar-refractivity contribution in [1.29, 1.82) is 0 Å². The maximum Gasteiger partial charge on any atom is 0.139 e. The van der Waals surface area contributed by atoms with Crippen LogP contribution in [0.2, 0.25) is 0 Å². The first-order valence-electron chi connectivity index (χ1n) is 4.25. The fourth-order valence-electron chi connectivity index (χ4n) is 1.10. The van der Waals surface area contributed by atoms with Crippen LogP contribution in [0.5, 0.6) is 5.75 Å². The van der Waals surface area contributed by atoms with Gasteiger partial charge in [-0.25, -0.2) is 0 Å². The van der Waals surface area contributed by atoms with Gasteiger partial charge in [0.1, 0.15) is 5.75 Å². The second-order valence-corrected chi connectivity index (χ2v) is 5.28. The zero-order chi connectivity index (χ0) is 9.80. The first kappa shape index (κ1) is 9.45. The summed E-state index contributed by atoms with van der Waals surface area (Å²) in [4.78, 5) is 0. The highest BCUT2D eigenvalue weighted by Crippen LogP contribution is 2.23. The number of halogens is 1. The summed E-state index contributed by atoms with van der Waals surface area (Å²) in [7, 11) is 0. The molecule has 1 aliphatic heterocycles. The molecule has 14 heavy (non-hydrogen) atoms. The Balaban J connectivity index is 2.19. The summed E-state index contributed by atoms with van der Waals surface area (Å²) in [5.74, 6) is 0.298. The van der Waals surface area contributed by atoms with E-state index in [9.17, 15) is 5.11 Å². The standard InChI is InChI=1S/C11H10INO/c14-10-6-2-1-5-9(10)13-11-7-3-4-8-12-11/h1-8,13-14H. The van der Waals surface area contributed by atoms with Gasteiger partial charge in [-0.15, -0.1) is 0 Å². The minimum atomic E-state index is -0.0627. The number of benzene rings is 1. The third kappa shape index (κ3) is 2.23. The summed E-state index contributed by atoms with van der Waals surface area (Å²) in [5.41, 5.74) is 0.780. The van der Waals surface area contributed by atoms with Crippen molar-refractivity contribution < 1.29 is 5.11 Å². The van der Waals surface area contributed by atoms with E-state index in [1.165, 1.54) is 3.63 Å². The Kier molecular flexibility index (Phi) is 2.98. The predicted octanol–water partition coefficient (Wildman–Crippen LogP) is 2.99. The molecule has 0 bridgehead atoms. The van der Waals surface area contributed by atoms with Crippen molar-refractivity contribution in [2.45, 2.75) is 0 Å². The predicted molar refractivity (Wildman–Crippen MR) is 69.0 cm³/mol. The lowest BCUT2D eigenvalue weighted by Gasteiger charge is -2.08. The maximum absolute atomic E-state index is 9.54. The number of hydrogen-bond donors (Lipinski definition) is 2. The molecule has 1 aromatic rings. The molecular weight excluding hydrogens is 289 g/mol. The van der Waals surface area contributed by atoms with Crippen LogP contribution in [0.15, 0.2) is 46.6 Å². The molecule has 0 atom stereocenters. The molecule has 72 valence electrons. The zero-order valence-electron chi connectivity index (χ0n) is 7.44. The van der Waals surface area contributed by atoms with E-state index < -0.39 is 0 Å². The highest BCUT2D eigenvalue weighted by atomic mass is 127.